The average molecular weight is 344 g/mol. The maximum absolute atomic E-state index is 8.49. The molecule has 0 aliphatic carbocycles. The van der Waals surface area contributed by atoms with Crippen LogP contribution >= 0.6 is 0 Å². The second-order valence-corrected chi connectivity index (χ2v) is 6.15. The molecule has 0 N–H and O–H groups in total. The maximum Gasteiger partial charge on any atom is 0.226 e. The number of nitrogens with zero attached hydrogens (tertiary/aromatic N) is 1. The van der Waals surface area contributed by atoms with E-state index in [4.69, 9.17) is 18.6 Å². The molecule has 0 radical (unpaired) electrons. The number of pyridine rings is 2. The van der Waals surface area contributed by atoms with Crippen molar-refractivity contribution in [3.63, 3.8) is 0 Å². The zero-order valence-electron chi connectivity index (χ0n) is 12.8. The van der Waals surface area contributed by atoms with Gasteiger partial charge in [0.2, 0.25) is 5.52 Å². The van der Waals surface area contributed by atoms with Crippen LogP contribution in [-0.2, 0) is 0 Å². The number of hydrogen-bond donors (Lipinski definition) is 0. The average Bonchev–Trinajstić information content (AvgIpc) is 2.53. The third kappa shape index (κ3) is 3.46. The van der Waals surface area contributed by atoms with E-state index in [-0.39, 0.29) is 0 Å². The summed E-state index contributed by atoms with van der Waals surface area (Å²) < 4.78 is 36.2. The highest BCUT2D eigenvalue weighted by atomic mass is 35.7. The van der Waals surface area contributed by atoms with E-state index in [2.05, 4.69) is 78.3 Å². The molecule has 0 aliphatic rings. The minimum atomic E-state index is -4.94. The zero-order valence-corrected chi connectivity index (χ0v) is 13.6. The Bertz CT molecular complexity index is 1020. The fraction of sp³-hybridized carbons (Fsp3) is 0.0556. The van der Waals surface area contributed by atoms with E-state index in [9.17, 15) is 0 Å². The Kier molecular flexibility index (Phi) is 4.36. The first-order valence-corrected chi connectivity index (χ1v) is 8.41. The summed E-state index contributed by atoms with van der Waals surface area (Å²) in [6.07, 6.45) is 4.36. The molecule has 4 rings (SSSR count). The summed E-state index contributed by atoms with van der Waals surface area (Å²) in [5.41, 5.74) is 2.60. The lowest BCUT2D eigenvalue weighted by atomic mass is 10.0. The highest BCUT2D eigenvalue weighted by molar-refractivity contribution is 6.07. The predicted molar refractivity (Wildman–Crippen MR) is 79.4 cm³/mol. The van der Waals surface area contributed by atoms with E-state index < -0.39 is 10.2 Å². The molecule has 24 heavy (non-hydrogen) atoms. The molecule has 0 amide bonds. The van der Waals surface area contributed by atoms with Crippen molar-refractivity contribution in [2.75, 3.05) is 0 Å². The van der Waals surface area contributed by atoms with E-state index in [0.717, 1.165) is 0 Å². The molecule has 5 nitrogen and oxygen atoms in total. The fourth-order valence-electron chi connectivity index (χ4n) is 2.94. The Balaban J connectivity index is 0.000000300. The van der Waals surface area contributed by atoms with Crippen molar-refractivity contribution in [2.24, 2.45) is 0 Å². The van der Waals surface area contributed by atoms with Crippen LogP contribution in [0.3, 0.4) is 0 Å². The number of hydrogen-bond acceptors (Lipinski definition) is 4. The fourth-order valence-corrected chi connectivity index (χ4v) is 2.94. The molecule has 0 bridgehead atoms. The molecule has 0 saturated carbocycles. The van der Waals surface area contributed by atoms with Gasteiger partial charge in [-0.3, -0.25) is 0 Å². The number of halogens is 1. The predicted octanol–water partition coefficient (Wildman–Crippen LogP) is -0.716. The largest absolute Gasteiger partial charge is 0.226 e. The molecule has 0 saturated heterocycles. The van der Waals surface area contributed by atoms with E-state index in [1.807, 2.05) is 0 Å². The third-order valence-corrected chi connectivity index (χ3v) is 3.83. The van der Waals surface area contributed by atoms with Crippen molar-refractivity contribution in [2.45, 2.75) is 6.92 Å². The Labute approximate surface area is 140 Å². The lowest BCUT2D eigenvalue weighted by Gasteiger charge is -2.17. The lowest BCUT2D eigenvalue weighted by molar-refractivity contribution is -2.00. The van der Waals surface area contributed by atoms with Crippen LogP contribution in [0.2, 0.25) is 0 Å². The summed E-state index contributed by atoms with van der Waals surface area (Å²) >= 11 is 0. The van der Waals surface area contributed by atoms with Crippen LogP contribution < -0.4 is 23.0 Å². The van der Waals surface area contributed by atoms with Crippen LogP contribution in [0.4, 0.5) is 0 Å². The van der Waals surface area contributed by atoms with Crippen LogP contribution in [0.25, 0.3) is 27.1 Å². The number of benzene rings is 2. The first-order chi connectivity index (χ1) is 11.3. The topological polar surface area (TPSA) is 96.3 Å². The molecule has 2 aromatic heterocycles. The first-order valence-electron chi connectivity index (χ1n) is 7.17. The van der Waals surface area contributed by atoms with Crippen molar-refractivity contribution in [1.82, 2.24) is 0 Å². The molecule has 0 fully saturated rings. The molecule has 6 heteroatoms. The molecule has 0 aliphatic heterocycles. The summed E-state index contributed by atoms with van der Waals surface area (Å²) in [5.74, 6) is 0. The minimum Gasteiger partial charge on any atom is -0.222 e. The van der Waals surface area contributed by atoms with Crippen LogP contribution in [0.5, 0.6) is 0 Å². The Morgan fingerprint density at radius 1 is 0.750 bits per heavy atom. The molecule has 122 valence electrons. The van der Waals surface area contributed by atoms with Crippen LogP contribution in [0.15, 0.2) is 67.0 Å². The third-order valence-electron chi connectivity index (χ3n) is 3.83. The van der Waals surface area contributed by atoms with Gasteiger partial charge in [-0.25, -0.2) is 18.6 Å². The van der Waals surface area contributed by atoms with Crippen molar-refractivity contribution in [3.05, 3.63) is 72.6 Å². The van der Waals surface area contributed by atoms with Gasteiger partial charge in [-0.2, -0.15) is 4.40 Å². The van der Waals surface area contributed by atoms with Gasteiger partial charge < -0.3 is 0 Å². The SMILES string of the molecule is Cc1c[n+]2ccc3ccccc3c2c2ccccc12.[O-][Cl+3]([O-])([O-])[O-]. The summed E-state index contributed by atoms with van der Waals surface area (Å²) in [5, 5.41) is 5.25. The van der Waals surface area contributed by atoms with E-state index >= 15 is 0 Å². The van der Waals surface area contributed by atoms with Gasteiger partial charge in [-0.1, -0.05) is 36.4 Å². The van der Waals surface area contributed by atoms with Gasteiger partial charge in [0.1, 0.15) is 0 Å². The molecule has 0 atom stereocenters. The quantitative estimate of drug-likeness (QED) is 0.311. The van der Waals surface area contributed by atoms with Crippen molar-refractivity contribution in [1.29, 1.82) is 0 Å². The molecule has 2 heterocycles. The van der Waals surface area contributed by atoms with Gasteiger partial charge in [0.15, 0.2) is 12.4 Å². The van der Waals surface area contributed by atoms with Crippen LogP contribution in [-0.4, -0.2) is 0 Å². The first kappa shape index (κ1) is 16.6. The van der Waals surface area contributed by atoms with Gasteiger partial charge in [-0.05, 0) is 29.8 Å². The number of fused-ring (bicyclic) bond motifs is 5. The molecule has 4 aromatic rings. The molecule has 2 aromatic carbocycles. The van der Waals surface area contributed by atoms with E-state index in [1.54, 1.807) is 0 Å². The smallest absolute Gasteiger partial charge is 0.222 e. The summed E-state index contributed by atoms with van der Waals surface area (Å²) in [6.45, 7) is 2.17. The second-order valence-electron chi connectivity index (χ2n) is 5.39. The Morgan fingerprint density at radius 2 is 1.29 bits per heavy atom. The number of aryl methyl sites for hydroxylation is 1. The summed E-state index contributed by atoms with van der Waals surface area (Å²) in [7, 11) is -4.94. The number of aromatic nitrogens is 1. The van der Waals surface area contributed by atoms with Crippen LogP contribution in [0.1, 0.15) is 5.56 Å². The maximum atomic E-state index is 8.49. The van der Waals surface area contributed by atoms with Gasteiger partial charge in [-0.15, -0.1) is 10.2 Å². The van der Waals surface area contributed by atoms with Gasteiger partial charge in [0, 0.05) is 11.6 Å². The minimum absolute atomic E-state index is 1.29. The van der Waals surface area contributed by atoms with E-state index in [0.29, 0.717) is 0 Å². The Hall–Kier alpha value is -2.28. The monoisotopic (exact) mass is 343 g/mol. The standard InChI is InChI=1S/C18H14N.ClHO4/c1-13-12-19-11-10-14-6-2-3-8-16(14)18(19)17-9-5-4-7-15(13)17;2-1(3,4)5/h2-12H,1H3;(H,2,3,4,5)/q+1;/p-1. The van der Waals surface area contributed by atoms with Crippen LogP contribution in [0, 0.1) is 17.2 Å². The summed E-state index contributed by atoms with van der Waals surface area (Å²) in [4.78, 5) is 0. The second kappa shape index (κ2) is 6.32. The molecule has 0 unspecified atom stereocenters. The Morgan fingerprint density at radius 3 is 1.96 bits per heavy atom. The normalized spacial score (nSPS) is 11.5. The van der Waals surface area contributed by atoms with Gasteiger partial charge >= 0.3 is 0 Å². The molecular formula is C18H14ClNO4. The van der Waals surface area contributed by atoms with E-state index in [1.165, 1.54) is 32.6 Å². The lowest BCUT2D eigenvalue weighted by Crippen LogP contribution is -2.68. The zero-order chi connectivity index (χ0) is 17.3. The highest BCUT2D eigenvalue weighted by Crippen LogP contribution is 2.25. The molecule has 0 spiro atoms. The number of rotatable bonds is 0. The van der Waals surface area contributed by atoms with Crippen molar-refractivity contribution < 1.29 is 33.3 Å². The highest BCUT2D eigenvalue weighted by Gasteiger charge is 2.13. The van der Waals surface area contributed by atoms with Gasteiger partial charge in [0.05, 0.1) is 10.8 Å². The van der Waals surface area contributed by atoms with Gasteiger partial charge in [0.25, 0.3) is 0 Å². The summed E-state index contributed by atoms with van der Waals surface area (Å²) in [6, 6.07) is 19.4. The van der Waals surface area contributed by atoms with Crippen molar-refractivity contribution in [3.8, 4) is 0 Å². The van der Waals surface area contributed by atoms with Crippen molar-refractivity contribution >= 4 is 27.1 Å². The molecular weight excluding hydrogens is 330 g/mol.